The van der Waals surface area contributed by atoms with Gasteiger partial charge in [-0.1, -0.05) is 17.7 Å². The number of aryl methyl sites for hydroxylation is 1. The smallest absolute Gasteiger partial charge is 0.263 e. The first-order chi connectivity index (χ1) is 13.5. The Labute approximate surface area is 167 Å². The van der Waals surface area contributed by atoms with Gasteiger partial charge in [0.25, 0.3) is 5.91 Å². The van der Waals surface area contributed by atoms with Gasteiger partial charge in [0.1, 0.15) is 17.4 Å². The topological polar surface area (TPSA) is 85.6 Å². The molecule has 1 aliphatic rings. The fourth-order valence-electron chi connectivity index (χ4n) is 3.60. The van der Waals surface area contributed by atoms with Crippen molar-refractivity contribution in [2.75, 3.05) is 19.8 Å². The summed E-state index contributed by atoms with van der Waals surface area (Å²) in [6.45, 7) is 7.25. The van der Waals surface area contributed by atoms with Gasteiger partial charge in [-0.25, -0.2) is 0 Å². The Morgan fingerprint density at radius 1 is 1.50 bits per heavy atom. The van der Waals surface area contributed by atoms with Crippen LogP contribution in [-0.2, 0) is 4.79 Å². The molecule has 1 amide bonds. The average Bonchev–Trinajstić information content (AvgIpc) is 2.68. The van der Waals surface area contributed by atoms with Crippen molar-refractivity contribution in [3.8, 4) is 11.8 Å². The van der Waals surface area contributed by atoms with Crippen molar-refractivity contribution in [3.63, 3.8) is 0 Å². The van der Waals surface area contributed by atoms with Crippen molar-refractivity contribution in [1.29, 1.82) is 5.26 Å². The van der Waals surface area contributed by atoms with Crippen LogP contribution < -0.4 is 10.1 Å². The van der Waals surface area contributed by atoms with E-state index < -0.39 is 5.91 Å². The maximum atomic E-state index is 12.7. The highest BCUT2D eigenvalue weighted by molar-refractivity contribution is 5.97. The van der Waals surface area contributed by atoms with Crippen LogP contribution in [0.15, 0.2) is 30.0 Å². The maximum Gasteiger partial charge on any atom is 0.263 e. The van der Waals surface area contributed by atoms with E-state index in [1.807, 2.05) is 49.9 Å². The molecule has 0 aliphatic carbocycles. The second kappa shape index (κ2) is 10.7. The molecule has 1 fully saturated rings. The molecule has 0 radical (unpaired) electrons. The van der Waals surface area contributed by atoms with Crippen molar-refractivity contribution in [3.05, 3.63) is 41.1 Å². The van der Waals surface area contributed by atoms with E-state index in [1.165, 1.54) is 0 Å². The van der Waals surface area contributed by atoms with Crippen molar-refractivity contribution in [2.24, 2.45) is 0 Å². The fourth-order valence-corrected chi connectivity index (χ4v) is 3.60. The van der Waals surface area contributed by atoms with Gasteiger partial charge in [-0.2, -0.15) is 5.26 Å². The molecule has 2 rings (SSSR count). The van der Waals surface area contributed by atoms with Crippen LogP contribution in [0.5, 0.6) is 5.75 Å². The molecule has 0 spiro atoms. The summed E-state index contributed by atoms with van der Waals surface area (Å²) in [5.41, 5.74) is 2.06. The first-order valence-electron chi connectivity index (χ1n) is 10.0. The third-order valence-electron chi connectivity index (χ3n) is 5.07. The predicted molar refractivity (Wildman–Crippen MR) is 109 cm³/mol. The molecule has 0 saturated carbocycles. The number of hydrogen-bond acceptors (Lipinski definition) is 5. The molecule has 1 aliphatic heterocycles. The molecule has 1 saturated heterocycles. The Morgan fingerprint density at radius 3 is 2.96 bits per heavy atom. The molecule has 0 bridgehead atoms. The van der Waals surface area contributed by atoms with Gasteiger partial charge in [0.05, 0.1) is 12.6 Å². The number of nitriles is 1. The van der Waals surface area contributed by atoms with Gasteiger partial charge in [-0.05, 0) is 52.5 Å². The lowest BCUT2D eigenvalue weighted by molar-refractivity contribution is -0.117. The van der Waals surface area contributed by atoms with Gasteiger partial charge in [-0.3, -0.25) is 4.79 Å². The summed E-state index contributed by atoms with van der Waals surface area (Å²) in [4.78, 5) is 14.8. The minimum absolute atomic E-state index is 0.0855. The first-order valence-corrected chi connectivity index (χ1v) is 10.0. The molecular formula is C22H31N3O3. The molecule has 2 atom stereocenters. The van der Waals surface area contributed by atoms with Crippen LogP contribution in [0.2, 0.25) is 0 Å². The summed E-state index contributed by atoms with van der Waals surface area (Å²) in [6.07, 6.45) is 5.40. The Bertz CT molecular complexity index is 737. The van der Waals surface area contributed by atoms with E-state index in [-0.39, 0.29) is 24.3 Å². The van der Waals surface area contributed by atoms with E-state index in [9.17, 15) is 15.2 Å². The first kappa shape index (κ1) is 21.8. The van der Waals surface area contributed by atoms with Gasteiger partial charge in [0.2, 0.25) is 0 Å². The Hall–Kier alpha value is -2.52. The van der Waals surface area contributed by atoms with Gasteiger partial charge in [0, 0.05) is 31.0 Å². The highest BCUT2D eigenvalue weighted by Crippen LogP contribution is 2.27. The Morgan fingerprint density at radius 2 is 2.29 bits per heavy atom. The zero-order chi connectivity index (χ0) is 20.5. The molecule has 1 aromatic carbocycles. The number of carbonyl (C=O) groups is 1. The number of rotatable bonds is 8. The van der Waals surface area contributed by atoms with Crippen LogP contribution in [0.3, 0.4) is 0 Å². The van der Waals surface area contributed by atoms with Crippen molar-refractivity contribution >= 4 is 5.91 Å². The van der Waals surface area contributed by atoms with Gasteiger partial charge in [0.15, 0.2) is 0 Å². The lowest BCUT2D eigenvalue weighted by atomic mass is 10.00. The minimum atomic E-state index is -0.396. The van der Waals surface area contributed by atoms with Crippen molar-refractivity contribution < 1.29 is 14.6 Å². The van der Waals surface area contributed by atoms with Crippen LogP contribution in [0.25, 0.3) is 0 Å². The van der Waals surface area contributed by atoms with E-state index in [2.05, 4.69) is 5.32 Å². The third-order valence-corrected chi connectivity index (χ3v) is 5.07. The summed E-state index contributed by atoms with van der Waals surface area (Å²) in [6, 6.07) is 7.79. The molecule has 28 heavy (non-hydrogen) atoms. The van der Waals surface area contributed by atoms with Crippen LogP contribution in [-0.4, -0.2) is 41.7 Å². The maximum absolute atomic E-state index is 12.7. The largest absolute Gasteiger partial charge is 0.494 e. The highest BCUT2D eigenvalue weighted by atomic mass is 16.5. The second-order valence-corrected chi connectivity index (χ2v) is 7.22. The molecule has 6 heteroatoms. The normalized spacial score (nSPS) is 18.3. The molecule has 0 aromatic heterocycles. The van der Waals surface area contributed by atoms with Gasteiger partial charge in [-0.15, -0.1) is 0 Å². The molecule has 2 N–H and O–H groups in total. The Balaban J connectivity index is 2.15. The summed E-state index contributed by atoms with van der Waals surface area (Å²) in [7, 11) is 0. The van der Waals surface area contributed by atoms with Crippen molar-refractivity contribution in [2.45, 2.75) is 58.5 Å². The molecule has 1 aromatic rings. The van der Waals surface area contributed by atoms with Crippen molar-refractivity contribution in [1.82, 2.24) is 10.2 Å². The average molecular weight is 386 g/mol. The summed E-state index contributed by atoms with van der Waals surface area (Å²) in [5.74, 6) is 0.342. The number of hydrogen-bond donors (Lipinski definition) is 2. The lowest BCUT2D eigenvalue weighted by Crippen LogP contribution is -2.37. The zero-order valence-electron chi connectivity index (χ0n) is 17.1. The molecule has 1 heterocycles. The van der Waals surface area contributed by atoms with Crippen LogP contribution in [0.4, 0.5) is 0 Å². The number of benzene rings is 1. The monoisotopic (exact) mass is 385 g/mol. The third kappa shape index (κ3) is 5.74. The number of aliphatic hydroxyl groups is 1. The van der Waals surface area contributed by atoms with Crippen LogP contribution >= 0.6 is 0 Å². The quantitative estimate of drug-likeness (QED) is 0.530. The summed E-state index contributed by atoms with van der Waals surface area (Å²) < 4.78 is 5.68. The van der Waals surface area contributed by atoms with Gasteiger partial charge >= 0.3 is 0 Å². The van der Waals surface area contributed by atoms with E-state index >= 15 is 0 Å². The molecular weight excluding hydrogens is 354 g/mol. The zero-order valence-corrected chi connectivity index (χ0v) is 17.1. The van der Waals surface area contributed by atoms with Gasteiger partial charge < -0.3 is 20.1 Å². The predicted octanol–water partition coefficient (Wildman–Crippen LogP) is 3.22. The number of piperidine rings is 1. The molecule has 6 nitrogen and oxygen atoms in total. The van der Waals surface area contributed by atoms with E-state index in [0.717, 1.165) is 42.7 Å². The number of carbonyl (C=O) groups excluding carboxylic acids is 1. The number of nitrogens with one attached hydrogen (secondary N) is 1. The standard InChI is InChI=1S/C22H31N3O3/c1-4-28-21-9-8-16(2)13-20(21)17(3)24-22(27)18(14-23)15-25-11-6-5-7-19(25)10-12-26/h8-9,13,15,17,19,26H,4-7,10-12H2,1-3H3,(H,24,27)/b18-15-. The number of aliphatic hydroxyl groups excluding tert-OH is 1. The van der Waals surface area contributed by atoms with E-state index in [1.54, 1.807) is 6.20 Å². The Kier molecular flexibility index (Phi) is 8.34. The van der Waals surface area contributed by atoms with E-state index in [0.29, 0.717) is 13.0 Å². The number of likely N-dealkylation sites (tertiary alicyclic amines) is 1. The fraction of sp³-hybridized carbons (Fsp3) is 0.545. The SMILES string of the molecule is CCOc1ccc(C)cc1C(C)NC(=O)/C(C#N)=C\N1CCCCC1CCO. The summed E-state index contributed by atoms with van der Waals surface area (Å²) >= 11 is 0. The molecule has 152 valence electrons. The lowest BCUT2D eigenvalue weighted by Gasteiger charge is -2.34. The minimum Gasteiger partial charge on any atom is -0.494 e. The second-order valence-electron chi connectivity index (χ2n) is 7.22. The number of amides is 1. The summed E-state index contributed by atoms with van der Waals surface area (Å²) in [5, 5.41) is 21.7. The number of nitrogens with zero attached hydrogens (tertiary/aromatic N) is 2. The van der Waals surface area contributed by atoms with E-state index in [4.69, 9.17) is 4.74 Å². The highest BCUT2D eigenvalue weighted by Gasteiger charge is 2.22. The van der Waals surface area contributed by atoms with Crippen LogP contribution in [0.1, 0.15) is 56.7 Å². The molecule has 2 unspecified atom stereocenters. The van der Waals surface area contributed by atoms with Crippen LogP contribution in [0, 0.1) is 18.3 Å². The number of ether oxygens (including phenoxy) is 1.